The number of amides is 1. The Kier molecular flexibility index (Phi) is 6.71. The Morgan fingerprint density at radius 1 is 1.00 bits per heavy atom. The summed E-state index contributed by atoms with van der Waals surface area (Å²) in [5, 5.41) is 13.8. The van der Waals surface area contributed by atoms with Crippen molar-refractivity contribution in [1.82, 2.24) is 4.90 Å². The number of esters is 1. The molecule has 6 nitrogen and oxygen atoms in total. The summed E-state index contributed by atoms with van der Waals surface area (Å²) in [6.45, 7) is 1.07. The van der Waals surface area contributed by atoms with E-state index >= 15 is 0 Å². The van der Waals surface area contributed by atoms with Gasteiger partial charge >= 0.3 is 5.97 Å². The molecule has 1 aliphatic heterocycles. The summed E-state index contributed by atoms with van der Waals surface area (Å²) < 4.78 is 11.0. The van der Waals surface area contributed by atoms with Crippen LogP contribution in [0.15, 0.2) is 66.7 Å². The Labute approximate surface area is 187 Å². The molecule has 0 bridgehead atoms. The van der Waals surface area contributed by atoms with Crippen LogP contribution in [0.2, 0.25) is 0 Å². The number of hydrogen-bond donors (Lipinski definition) is 0. The van der Waals surface area contributed by atoms with E-state index in [1.165, 1.54) is 17.4 Å². The monoisotopic (exact) mass is 432 g/mol. The molecule has 1 amide bonds. The topological polar surface area (TPSA) is 78.9 Å². The lowest BCUT2D eigenvalue weighted by Gasteiger charge is -2.40. The van der Waals surface area contributed by atoms with Gasteiger partial charge in [-0.05, 0) is 39.9 Å². The van der Waals surface area contributed by atoms with Gasteiger partial charge in [-0.2, -0.15) is 0 Å². The van der Waals surface area contributed by atoms with E-state index in [9.17, 15) is 14.7 Å². The van der Waals surface area contributed by atoms with Gasteiger partial charge in [-0.25, -0.2) is 0 Å². The molecule has 166 valence electrons. The van der Waals surface area contributed by atoms with Gasteiger partial charge < -0.3 is 24.3 Å². The first kappa shape index (κ1) is 21.8. The van der Waals surface area contributed by atoms with Crippen molar-refractivity contribution >= 4 is 22.8 Å². The molecule has 2 atom stereocenters. The number of benzene rings is 3. The minimum atomic E-state index is -1.17. The summed E-state index contributed by atoms with van der Waals surface area (Å²) in [6, 6.07) is 22.2. The van der Waals surface area contributed by atoms with Gasteiger partial charge in [-0.3, -0.25) is 4.79 Å². The Hall–Kier alpha value is -3.38. The number of methoxy groups -OCH3 is 1. The smallest absolute Gasteiger partial charge is 0.309 e. The fourth-order valence-corrected chi connectivity index (χ4v) is 4.29. The SMILES string of the molecule is COC(=O)Cc1ccc(C2CCN(C(=O)[O-])CC2OCc2ccc3ccccc3c2)cc1. The van der Waals surface area contributed by atoms with E-state index in [1.807, 2.05) is 42.5 Å². The first-order valence-corrected chi connectivity index (χ1v) is 10.7. The molecule has 2 unspecified atom stereocenters. The highest BCUT2D eigenvalue weighted by molar-refractivity contribution is 5.82. The third kappa shape index (κ3) is 5.08. The summed E-state index contributed by atoms with van der Waals surface area (Å²) in [5.74, 6) is -0.227. The average Bonchev–Trinajstić information content (AvgIpc) is 2.83. The van der Waals surface area contributed by atoms with Crippen molar-refractivity contribution in [3.8, 4) is 0 Å². The number of likely N-dealkylation sites (tertiary alicyclic amines) is 1. The third-order valence-electron chi connectivity index (χ3n) is 6.08. The molecule has 0 N–H and O–H groups in total. The third-order valence-corrected chi connectivity index (χ3v) is 6.08. The molecule has 4 rings (SSSR count). The van der Waals surface area contributed by atoms with E-state index in [1.54, 1.807) is 0 Å². The average molecular weight is 432 g/mol. The first-order valence-electron chi connectivity index (χ1n) is 10.7. The van der Waals surface area contributed by atoms with Crippen molar-refractivity contribution in [2.24, 2.45) is 0 Å². The Balaban J connectivity index is 1.50. The van der Waals surface area contributed by atoms with Crippen LogP contribution in [0, 0.1) is 0 Å². The zero-order valence-corrected chi connectivity index (χ0v) is 18.0. The number of carbonyl (C=O) groups excluding carboxylic acids is 2. The molecule has 1 aliphatic rings. The summed E-state index contributed by atoms with van der Waals surface area (Å²) in [4.78, 5) is 24.3. The Morgan fingerprint density at radius 3 is 2.44 bits per heavy atom. The highest BCUT2D eigenvalue weighted by Gasteiger charge is 2.31. The van der Waals surface area contributed by atoms with Gasteiger partial charge in [-0.1, -0.05) is 60.7 Å². The van der Waals surface area contributed by atoms with Crippen LogP contribution in [0.4, 0.5) is 4.79 Å². The predicted octanol–water partition coefficient (Wildman–Crippen LogP) is 3.27. The normalized spacial score (nSPS) is 18.5. The lowest BCUT2D eigenvalue weighted by atomic mass is 9.86. The van der Waals surface area contributed by atoms with Crippen LogP contribution in [-0.2, 0) is 27.3 Å². The van der Waals surface area contributed by atoms with Crippen molar-refractivity contribution in [1.29, 1.82) is 0 Å². The van der Waals surface area contributed by atoms with Crippen LogP contribution in [0.5, 0.6) is 0 Å². The van der Waals surface area contributed by atoms with Gasteiger partial charge in [-0.15, -0.1) is 0 Å². The minimum absolute atomic E-state index is 0.0539. The second-order valence-corrected chi connectivity index (χ2v) is 8.13. The van der Waals surface area contributed by atoms with Crippen molar-refractivity contribution < 1.29 is 24.2 Å². The van der Waals surface area contributed by atoms with E-state index < -0.39 is 6.09 Å². The van der Waals surface area contributed by atoms with E-state index in [2.05, 4.69) is 24.3 Å². The maximum Gasteiger partial charge on any atom is 0.309 e. The Morgan fingerprint density at radius 2 is 1.72 bits per heavy atom. The molecule has 0 radical (unpaired) electrons. The van der Waals surface area contributed by atoms with Crippen molar-refractivity contribution in [2.45, 2.75) is 31.5 Å². The second-order valence-electron chi connectivity index (χ2n) is 8.13. The molecule has 0 saturated carbocycles. The molecular weight excluding hydrogens is 406 g/mol. The molecule has 1 heterocycles. The van der Waals surface area contributed by atoms with E-state index in [-0.39, 0.29) is 31.0 Å². The highest BCUT2D eigenvalue weighted by atomic mass is 16.5. The minimum Gasteiger partial charge on any atom is -0.530 e. The van der Waals surface area contributed by atoms with E-state index in [0.29, 0.717) is 19.6 Å². The molecule has 6 heteroatoms. The van der Waals surface area contributed by atoms with E-state index in [4.69, 9.17) is 9.47 Å². The second kappa shape index (κ2) is 9.83. The number of carboxylic acid groups (broad SMARTS) is 1. The van der Waals surface area contributed by atoms with Crippen LogP contribution in [0.3, 0.4) is 0 Å². The largest absolute Gasteiger partial charge is 0.530 e. The number of rotatable bonds is 6. The number of piperidine rings is 1. The Bertz CT molecular complexity index is 1090. The first-order chi connectivity index (χ1) is 15.5. The summed E-state index contributed by atoms with van der Waals surface area (Å²) >= 11 is 0. The molecule has 1 saturated heterocycles. The summed E-state index contributed by atoms with van der Waals surface area (Å²) in [7, 11) is 1.37. The predicted molar refractivity (Wildman–Crippen MR) is 119 cm³/mol. The van der Waals surface area contributed by atoms with Crippen LogP contribution in [0.25, 0.3) is 10.8 Å². The van der Waals surface area contributed by atoms with E-state index in [0.717, 1.165) is 22.1 Å². The summed E-state index contributed by atoms with van der Waals surface area (Å²) in [5.41, 5.74) is 2.99. The quantitative estimate of drug-likeness (QED) is 0.559. The van der Waals surface area contributed by atoms with Gasteiger partial charge in [0.15, 0.2) is 0 Å². The number of nitrogens with zero attached hydrogens (tertiary/aromatic N) is 1. The van der Waals surface area contributed by atoms with Crippen LogP contribution >= 0.6 is 0 Å². The van der Waals surface area contributed by atoms with Gasteiger partial charge in [0, 0.05) is 19.0 Å². The fourth-order valence-electron chi connectivity index (χ4n) is 4.29. The van der Waals surface area contributed by atoms with Crippen molar-refractivity contribution in [3.05, 3.63) is 83.4 Å². The standard InChI is InChI=1S/C26H27NO5/c1-31-25(28)15-18-6-10-21(11-7-18)23-12-13-27(26(29)30)16-24(23)32-17-19-8-9-20-4-2-3-5-22(20)14-19/h2-11,14,23-24H,12-13,15-17H2,1H3,(H,29,30)/p-1. The molecule has 3 aromatic rings. The molecular formula is C26H26NO5-. The number of ether oxygens (including phenoxy) is 2. The van der Waals surface area contributed by atoms with Gasteiger partial charge in [0.2, 0.25) is 0 Å². The molecule has 0 aliphatic carbocycles. The van der Waals surface area contributed by atoms with Gasteiger partial charge in [0.1, 0.15) is 6.09 Å². The zero-order valence-electron chi connectivity index (χ0n) is 18.0. The maximum absolute atomic E-state index is 11.5. The molecule has 32 heavy (non-hydrogen) atoms. The molecule has 1 fully saturated rings. The number of hydrogen-bond acceptors (Lipinski definition) is 5. The zero-order chi connectivity index (χ0) is 22.5. The van der Waals surface area contributed by atoms with Gasteiger partial charge in [0.25, 0.3) is 0 Å². The highest BCUT2D eigenvalue weighted by Crippen LogP contribution is 2.31. The molecule has 0 spiro atoms. The lowest BCUT2D eigenvalue weighted by Crippen LogP contribution is -2.51. The van der Waals surface area contributed by atoms with Crippen molar-refractivity contribution in [2.75, 3.05) is 20.2 Å². The summed E-state index contributed by atoms with van der Waals surface area (Å²) in [6.07, 6.45) is -0.593. The number of carbonyl (C=O) groups is 2. The maximum atomic E-state index is 11.5. The lowest BCUT2D eigenvalue weighted by molar-refractivity contribution is -0.268. The van der Waals surface area contributed by atoms with Gasteiger partial charge in [0.05, 0.1) is 26.2 Å². The fraction of sp³-hybridized carbons (Fsp3) is 0.308. The van der Waals surface area contributed by atoms with Crippen molar-refractivity contribution in [3.63, 3.8) is 0 Å². The van der Waals surface area contributed by atoms with Crippen LogP contribution in [-0.4, -0.2) is 43.3 Å². The van der Waals surface area contributed by atoms with Crippen LogP contribution in [0.1, 0.15) is 29.0 Å². The number of fused-ring (bicyclic) bond motifs is 1. The molecule has 3 aromatic carbocycles. The molecule has 0 aromatic heterocycles. The van der Waals surface area contributed by atoms with Crippen LogP contribution < -0.4 is 5.11 Å².